The van der Waals surface area contributed by atoms with E-state index in [2.05, 4.69) is 41.5 Å². The first-order valence-electron chi connectivity index (χ1n) is 7.83. The van der Waals surface area contributed by atoms with Crippen molar-refractivity contribution in [3.8, 4) is 0 Å². The van der Waals surface area contributed by atoms with Gasteiger partial charge in [-0.05, 0) is 36.5 Å². The van der Waals surface area contributed by atoms with Crippen molar-refractivity contribution in [3.63, 3.8) is 0 Å². The van der Waals surface area contributed by atoms with Crippen LogP contribution in [-0.4, -0.2) is 13.2 Å². The van der Waals surface area contributed by atoms with Crippen LogP contribution in [0.1, 0.15) is 80.1 Å². The van der Waals surface area contributed by atoms with Gasteiger partial charge >= 0.3 is 8.25 Å². The Labute approximate surface area is 126 Å². The summed E-state index contributed by atoms with van der Waals surface area (Å²) in [5.74, 6) is 0. The van der Waals surface area contributed by atoms with Gasteiger partial charge in [-0.2, -0.15) is 0 Å². The number of hydrogen-bond acceptors (Lipinski definition) is 3. The Morgan fingerprint density at radius 2 is 1.05 bits per heavy atom. The molecule has 0 unspecified atom stereocenters. The molecule has 0 fully saturated rings. The van der Waals surface area contributed by atoms with Gasteiger partial charge in [0, 0.05) is 4.57 Å². The van der Waals surface area contributed by atoms with E-state index < -0.39 is 8.25 Å². The van der Waals surface area contributed by atoms with Crippen LogP contribution in [0.15, 0.2) is 0 Å². The molecule has 20 heavy (non-hydrogen) atoms. The normalized spacial score (nSPS) is 12.7. The summed E-state index contributed by atoms with van der Waals surface area (Å²) in [4.78, 5) is 0. The highest BCUT2D eigenvalue weighted by Gasteiger charge is 2.20. The molecule has 0 atom stereocenters. The van der Waals surface area contributed by atoms with Crippen molar-refractivity contribution in [1.29, 1.82) is 0 Å². The maximum Gasteiger partial charge on any atom is 0.697 e. The number of hydrogen-bond donors (Lipinski definition) is 0. The van der Waals surface area contributed by atoms with Crippen LogP contribution in [0.2, 0.25) is 0 Å². The van der Waals surface area contributed by atoms with Crippen LogP contribution in [0.4, 0.5) is 0 Å². The molecule has 0 rings (SSSR count). The molecule has 0 aliphatic heterocycles. The molecule has 120 valence electrons. The third kappa shape index (κ3) is 16.1. The fourth-order valence-corrected chi connectivity index (χ4v) is 2.46. The second-order valence-electron chi connectivity index (χ2n) is 7.93. The monoisotopic (exact) mass is 305 g/mol. The first kappa shape index (κ1) is 20.0. The minimum atomic E-state index is -1.92. The first-order chi connectivity index (χ1) is 9.10. The second kappa shape index (κ2) is 9.87. The van der Waals surface area contributed by atoms with Gasteiger partial charge in [-0.15, -0.1) is 9.05 Å². The van der Waals surface area contributed by atoms with Gasteiger partial charge in [0.05, 0.1) is 0 Å². The van der Waals surface area contributed by atoms with Crippen LogP contribution in [0.5, 0.6) is 0 Å². The lowest BCUT2D eigenvalue weighted by molar-refractivity contribution is 0.212. The summed E-state index contributed by atoms with van der Waals surface area (Å²) in [6, 6.07) is 0. The Morgan fingerprint density at radius 3 is 1.35 bits per heavy atom. The zero-order chi connectivity index (χ0) is 15.6. The maximum atomic E-state index is 11.5. The maximum absolute atomic E-state index is 11.5. The summed E-state index contributed by atoms with van der Waals surface area (Å²) in [6.45, 7) is 14.5. The molecule has 0 aromatic rings. The minimum absolute atomic E-state index is 0.367. The molecule has 0 aromatic carbocycles. The molecule has 0 amide bonds. The van der Waals surface area contributed by atoms with E-state index in [0.29, 0.717) is 24.0 Å². The first-order valence-corrected chi connectivity index (χ1v) is 8.93. The lowest BCUT2D eigenvalue weighted by Gasteiger charge is -2.16. The average molecular weight is 305 g/mol. The van der Waals surface area contributed by atoms with Gasteiger partial charge in [-0.25, -0.2) is 0 Å². The predicted octanol–water partition coefficient (Wildman–Crippen LogP) is 6.11. The van der Waals surface area contributed by atoms with Gasteiger partial charge in [0.1, 0.15) is 13.2 Å². The molecule has 0 radical (unpaired) electrons. The minimum Gasteiger partial charge on any atom is -0.119 e. The second-order valence-corrected chi connectivity index (χ2v) is 8.89. The SMILES string of the molecule is CC(C)(C)CCCCO[P+](=O)OCCCCC(C)(C)C. The van der Waals surface area contributed by atoms with Crippen molar-refractivity contribution >= 4 is 8.25 Å². The highest BCUT2D eigenvalue weighted by atomic mass is 31.1. The molecule has 0 aliphatic rings. The summed E-state index contributed by atoms with van der Waals surface area (Å²) in [5.41, 5.74) is 0.734. The Hall–Kier alpha value is 0.0200. The van der Waals surface area contributed by atoms with Crippen LogP contribution >= 0.6 is 8.25 Å². The largest absolute Gasteiger partial charge is 0.697 e. The van der Waals surface area contributed by atoms with Crippen molar-refractivity contribution in [1.82, 2.24) is 0 Å². The average Bonchev–Trinajstić information content (AvgIpc) is 2.25. The van der Waals surface area contributed by atoms with E-state index in [4.69, 9.17) is 9.05 Å². The molecular weight excluding hydrogens is 271 g/mol. The van der Waals surface area contributed by atoms with Crippen molar-refractivity contribution in [2.45, 2.75) is 80.1 Å². The van der Waals surface area contributed by atoms with Crippen molar-refractivity contribution in [3.05, 3.63) is 0 Å². The summed E-state index contributed by atoms with van der Waals surface area (Å²) in [6.07, 6.45) is 6.45. The predicted molar refractivity (Wildman–Crippen MR) is 86.1 cm³/mol. The summed E-state index contributed by atoms with van der Waals surface area (Å²) in [7, 11) is -1.92. The van der Waals surface area contributed by atoms with Gasteiger partial charge in [-0.3, -0.25) is 0 Å². The van der Waals surface area contributed by atoms with E-state index in [1.807, 2.05) is 0 Å². The third-order valence-corrected chi connectivity index (χ3v) is 3.82. The van der Waals surface area contributed by atoms with Crippen molar-refractivity contribution < 1.29 is 13.6 Å². The zero-order valence-corrected chi connectivity index (χ0v) is 15.2. The lowest BCUT2D eigenvalue weighted by Crippen LogP contribution is -2.05. The Morgan fingerprint density at radius 1 is 0.700 bits per heavy atom. The van der Waals surface area contributed by atoms with Crippen LogP contribution in [0.25, 0.3) is 0 Å². The van der Waals surface area contributed by atoms with Crippen LogP contribution in [0.3, 0.4) is 0 Å². The van der Waals surface area contributed by atoms with E-state index in [1.54, 1.807) is 0 Å². The Balaban J connectivity index is 3.38. The molecule has 0 aromatic heterocycles. The van der Waals surface area contributed by atoms with Gasteiger partial charge in [0.2, 0.25) is 0 Å². The van der Waals surface area contributed by atoms with Gasteiger partial charge < -0.3 is 0 Å². The van der Waals surface area contributed by atoms with E-state index in [1.165, 1.54) is 12.8 Å². The standard InChI is InChI=1S/C16H34O3P/c1-15(2,3)11-7-9-13-18-20(17)19-14-10-8-12-16(4,5)6/h7-14H2,1-6H3/q+1. The van der Waals surface area contributed by atoms with Crippen LogP contribution < -0.4 is 0 Å². The van der Waals surface area contributed by atoms with Crippen molar-refractivity contribution in [2.75, 3.05) is 13.2 Å². The van der Waals surface area contributed by atoms with Gasteiger partial charge in [-0.1, -0.05) is 54.4 Å². The molecule has 0 saturated carbocycles. The molecule has 0 N–H and O–H groups in total. The fraction of sp³-hybridized carbons (Fsp3) is 1.00. The van der Waals surface area contributed by atoms with Crippen molar-refractivity contribution in [2.24, 2.45) is 10.8 Å². The summed E-state index contributed by atoms with van der Waals surface area (Å²) < 4.78 is 21.8. The van der Waals surface area contributed by atoms with Crippen LogP contribution in [0, 0.1) is 10.8 Å². The zero-order valence-electron chi connectivity index (χ0n) is 14.3. The highest BCUT2D eigenvalue weighted by molar-refractivity contribution is 7.33. The quantitative estimate of drug-likeness (QED) is 0.361. The summed E-state index contributed by atoms with van der Waals surface area (Å²) in [5, 5.41) is 0. The fourth-order valence-electron chi connectivity index (χ4n) is 1.83. The molecule has 3 nitrogen and oxygen atoms in total. The smallest absolute Gasteiger partial charge is 0.119 e. The molecular formula is C16H34O3P+. The van der Waals surface area contributed by atoms with E-state index in [-0.39, 0.29) is 0 Å². The molecule has 0 heterocycles. The molecule has 4 heteroatoms. The highest BCUT2D eigenvalue weighted by Crippen LogP contribution is 2.27. The summed E-state index contributed by atoms with van der Waals surface area (Å²) >= 11 is 0. The third-order valence-electron chi connectivity index (χ3n) is 3.04. The molecule has 0 aliphatic carbocycles. The number of unbranched alkanes of at least 4 members (excludes halogenated alkanes) is 2. The Kier molecular flexibility index (Phi) is 9.88. The molecule has 0 bridgehead atoms. The molecule has 0 saturated heterocycles. The van der Waals surface area contributed by atoms with E-state index in [0.717, 1.165) is 25.7 Å². The Bertz CT molecular complexity index is 238. The van der Waals surface area contributed by atoms with E-state index in [9.17, 15) is 4.57 Å². The molecule has 0 spiro atoms. The topological polar surface area (TPSA) is 35.5 Å². The number of rotatable bonds is 10. The van der Waals surface area contributed by atoms with Gasteiger partial charge in [0.25, 0.3) is 0 Å². The van der Waals surface area contributed by atoms with Crippen LogP contribution in [-0.2, 0) is 13.6 Å². The lowest BCUT2D eigenvalue weighted by atomic mass is 9.90. The van der Waals surface area contributed by atoms with Gasteiger partial charge in [0.15, 0.2) is 0 Å². The van der Waals surface area contributed by atoms with E-state index >= 15 is 0 Å².